The number of Topliss-reactive ketones (excluding diaryl/α,β-unsaturated/α-hetero) is 4. The lowest BCUT2D eigenvalue weighted by Crippen LogP contribution is -2.52. The summed E-state index contributed by atoms with van der Waals surface area (Å²) in [4.78, 5) is 102. The number of aryl methyl sites for hydroxylation is 4. The maximum atomic E-state index is 13.7. The third-order valence-electron chi connectivity index (χ3n) is 11.9. The molecule has 4 aromatic carbocycles. The molecule has 0 bridgehead atoms. The van der Waals surface area contributed by atoms with E-state index < -0.39 is 64.9 Å². The predicted molar refractivity (Wildman–Crippen MR) is 279 cm³/mol. The molecule has 2 unspecified atom stereocenters. The van der Waals surface area contributed by atoms with Crippen molar-refractivity contribution < 1.29 is 52.2 Å². The number of methoxy groups -OCH3 is 2. The van der Waals surface area contributed by atoms with Crippen LogP contribution in [0.2, 0.25) is 0 Å². The van der Waals surface area contributed by atoms with Gasteiger partial charge in [-0.05, 0) is 110 Å². The van der Waals surface area contributed by atoms with Crippen molar-refractivity contribution in [3.63, 3.8) is 0 Å². The molecule has 0 aliphatic carbocycles. The Kier molecular flexibility index (Phi) is 26.5. The normalized spacial score (nSPS) is 12.5. The monoisotopic (exact) mass is 1010 g/mol. The van der Waals surface area contributed by atoms with Crippen molar-refractivity contribution in [2.45, 2.75) is 143 Å². The van der Waals surface area contributed by atoms with E-state index in [1.54, 1.807) is 27.0 Å². The summed E-state index contributed by atoms with van der Waals surface area (Å²) in [6.07, 6.45) is 3.41. The van der Waals surface area contributed by atoms with Crippen LogP contribution in [0.25, 0.3) is 0 Å². The zero-order valence-electron chi connectivity index (χ0n) is 43.7. The molecule has 0 fully saturated rings. The van der Waals surface area contributed by atoms with Gasteiger partial charge in [-0.2, -0.15) is 0 Å². The van der Waals surface area contributed by atoms with Crippen LogP contribution in [0.3, 0.4) is 0 Å². The Balaban J connectivity index is 0.000000385. The summed E-state index contributed by atoms with van der Waals surface area (Å²) < 4.78 is 23.9. The summed E-state index contributed by atoms with van der Waals surface area (Å²) in [5, 5.41) is 11.0. The molecule has 4 amide bonds. The van der Waals surface area contributed by atoms with Gasteiger partial charge in [0.25, 0.3) is 0 Å². The summed E-state index contributed by atoms with van der Waals surface area (Å²) in [5.74, 6) is -3.15. The van der Waals surface area contributed by atoms with Gasteiger partial charge >= 0.3 is 0 Å². The van der Waals surface area contributed by atoms with E-state index in [0.29, 0.717) is 49.2 Å². The van der Waals surface area contributed by atoms with Crippen LogP contribution >= 0.6 is 0 Å². The number of amides is 4. The number of ether oxygens (including phenoxy) is 2. The third-order valence-corrected chi connectivity index (χ3v) is 11.9. The van der Waals surface area contributed by atoms with Crippen molar-refractivity contribution >= 4 is 46.8 Å². The van der Waals surface area contributed by atoms with Crippen molar-refractivity contribution in [3.05, 3.63) is 131 Å². The summed E-state index contributed by atoms with van der Waals surface area (Å²) in [6, 6.07) is 27.2. The van der Waals surface area contributed by atoms with Gasteiger partial charge in [0.2, 0.25) is 46.8 Å². The molecule has 14 nitrogen and oxygen atoms in total. The van der Waals surface area contributed by atoms with E-state index in [-0.39, 0.29) is 68.6 Å². The fourth-order valence-corrected chi connectivity index (χ4v) is 7.86. The van der Waals surface area contributed by atoms with E-state index in [9.17, 15) is 42.7 Å². The van der Waals surface area contributed by atoms with Crippen LogP contribution < -0.4 is 30.7 Å². The van der Waals surface area contributed by atoms with E-state index in [0.717, 1.165) is 16.7 Å². The maximum Gasteiger partial charge on any atom is 0.243 e. The zero-order chi connectivity index (χ0) is 53.9. The van der Waals surface area contributed by atoms with Gasteiger partial charge in [0.05, 0.1) is 26.3 Å². The summed E-state index contributed by atoms with van der Waals surface area (Å²) in [5.41, 5.74) is 3.49. The van der Waals surface area contributed by atoms with Crippen molar-refractivity contribution in [2.24, 2.45) is 11.8 Å². The number of rotatable bonds is 30. The van der Waals surface area contributed by atoms with Gasteiger partial charge in [-0.25, -0.2) is 4.39 Å². The molecular weight excluding hydrogens is 932 g/mol. The van der Waals surface area contributed by atoms with Crippen LogP contribution in [-0.2, 0) is 64.0 Å². The minimum absolute atomic E-state index is 0.0457. The number of benzene rings is 4. The molecule has 15 heteroatoms. The molecule has 0 saturated heterocycles. The Bertz CT molecular complexity index is 2430. The van der Waals surface area contributed by atoms with Crippen molar-refractivity contribution in [3.8, 4) is 11.5 Å². The Labute approximate surface area is 430 Å². The fourth-order valence-electron chi connectivity index (χ4n) is 7.86. The first-order valence-electron chi connectivity index (χ1n) is 25.2. The molecule has 0 aliphatic heterocycles. The van der Waals surface area contributed by atoms with E-state index in [1.807, 2.05) is 113 Å². The van der Waals surface area contributed by atoms with Crippen LogP contribution in [0.1, 0.15) is 115 Å². The number of ketones is 4. The lowest BCUT2D eigenvalue weighted by molar-refractivity contribution is -0.139. The highest BCUT2D eigenvalue weighted by atomic mass is 19.1. The molecule has 0 heterocycles. The molecule has 0 spiro atoms. The van der Waals surface area contributed by atoms with E-state index >= 15 is 0 Å². The van der Waals surface area contributed by atoms with Gasteiger partial charge in [0.1, 0.15) is 29.4 Å². The fraction of sp³-hybridized carbons (Fsp3) is 0.448. The first-order valence-corrected chi connectivity index (χ1v) is 25.2. The lowest BCUT2D eigenvalue weighted by atomic mass is 9.98. The van der Waals surface area contributed by atoms with Crippen molar-refractivity contribution in [1.29, 1.82) is 0 Å². The summed E-state index contributed by atoms with van der Waals surface area (Å²) in [6.45, 7) is 11.2. The van der Waals surface area contributed by atoms with Crippen LogP contribution in [0.15, 0.2) is 103 Å². The van der Waals surface area contributed by atoms with E-state index in [1.165, 1.54) is 19.2 Å². The predicted octanol–water partition coefficient (Wildman–Crippen LogP) is 7.79. The molecule has 0 saturated carbocycles. The topological polar surface area (TPSA) is 203 Å². The highest BCUT2D eigenvalue weighted by Gasteiger charge is 2.31. The zero-order valence-corrected chi connectivity index (χ0v) is 43.7. The SMILES string of the molecule is CCC(NC(=O)[C@H](CC(C)C)NC(=O)CCc1ccccc1)C(=O)C(=O)CCc1cc(F)cc(OC)c1.CCC(NC(=O)[C@H](CC(C)C)NC(=O)CCc1ccccc1)C(=O)C(=O)CCc1cccc(OC)c1. The Morgan fingerprint density at radius 3 is 1.26 bits per heavy atom. The average molecular weight is 1010 g/mol. The molecule has 4 aromatic rings. The van der Waals surface area contributed by atoms with Crippen molar-refractivity contribution in [1.82, 2.24) is 21.3 Å². The molecule has 4 atom stereocenters. The highest BCUT2D eigenvalue weighted by molar-refractivity contribution is 6.40. The Morgan fingerprint density at radius 2 is 0.849 bits per heavy atom. The second-order valence-electron chi connectivity index (χ2n) is 18.8. The van der Waals surface area contributed by atoms with E-state index in [4.69, 9.17) is 9.47 Å². The number of hydrogen-bond acceptors (Lipinski definition) is 10. The van der Waals surface area contributed by atoms with Gasteiger partial charge in [0, 0.05) is 31.7 Å². The van der Waals surface area contributed by atoms with Gasteiger partial charge < -0.3 is 30.7 Å². The standard InChI is InChI=1S/C29H37FN2O5.C29H38N2O5/c1-5-24(28(35)26(33)13-11-21-16-22(30)18-23(17-21)37-4)32-29(36)25(15-19(2)3)31-27(34)14-12-20-9-7-6-8-10-20;1-5-24(28(34)26(32)16-14-22-12-9-13-23(19-22)36-4)31-29(35)25(18-20(2)3)30-27(33)17-15-21-10-7-6-8-11-21/h6-10,16-19,24-25H,5,11-15H2,1-4H3,(H,31,34)(H,32,36);6-13,19-20,24-25H,5,14-18H2,1-4H3,(H,30,33)(H,31,35)/t2*24?,25-/m00/s1. The van der Waals surface area contributed by atoms with Crippen LogP contribution in [0.5, 0.6) is 11.5 Å². The first-order chi connectivity index (χ1) is 34.8. The molecule has 0 aliphatic rings. The second kappa shape index (κ2) is 32.1. The van der Waals surface area contributed by atoms with Crippen LogP contribution in [0.4, 0.5) is 4.39 Å². The van der Waals surface area contributed by atoms with Gasteiger partial charge in [-0.15, -0.1) is 0 Å². The second-order valence-corrected chi connectivity index (χ2v) is 18.8. The van der Waals surface area contributed by atoms with E-state index in [2.05, 4.69) is 21.3 Å². The third kappa shape index (κ3) is 22.5. The number of carbonyl (C=O) groups is 8. The minimum atomic E-state index is -1.00. The lowest BCUT2D eigenvalue weighted by Gasteiger charge is -2.23. The smallest absolute Gasteiger partial charge is 0.243 e. The molecule has 394 valence electrons. The molecule has 73 heavy (non-hydrogen) atoms. The number of carbonyl (C=O) groups excluding carboxylic acids is 8. The average Bonchev–Trinajstić information content (AvgIpc) is 3.38. The highest BCUT2D eigenvalue weighted by Crippen LogP contribution is 2.19. The number of hydrogen-bond donors (Lipinski definition) is 4. The number of halogens is 1. The Morgan fingerprint density at radius 1 is 0.452 bits per heavy atom. The maximum absolute atomic E-state index is 13.7. The quantitative estimate of drug-likeness (QED) is 0.0374. The van der Waals surface area contributed by atoms with Crippen molar-refractivity contribution in [2.75, 3.05) is 14.2 Å². The molecule has 0 radical (unpaired) electrons. The van der Waals surface area contributed by atoms with Gasteiger partial charge in [-0.1, -0.05) is 114 Å². The minimum Gasteiger partial charge on any atom is -0.497 e. The van der Waals surface area contributed by atoms with Crippen LogP contribution in [-0.4, -0.2) is 85.1 Å². The first kappa shape index (κ1) is 60.3. The summed E-state index contributed by atoms with van der Waals surface area (Å²) >= 11 is 0. The number of nitrogens with one attached hydrogen (secondary N) is 4. The summed E-state index contributed by atoms with van der Waals surface area (Å²) in [7, 11) is 2.99. The largest absolute Gasteiger partial charge is 0.497 e. The molecule has 0 aromatic heterocycles. The van der Waals surface area contributed by atoms with Crippen LogP contribution in [0, 0.1) is 17.7 Å². The molecule has 4 rings (SSSR count). The Hall–Kier alpha value is -7.03. The molecule has 4 N–H and O–H groups in total. The van der Waals surface area contributed by atoms with Gasteiger partial charge in [-0.3, -0.25) is 38.4 Å². The van der Waals surface area contributed by atoms with Gasteiger partial charge in [0.15, 0.2) is 0 Å². The molecular formula is C58H75FN4O10.